The number of H-pyrrole nitrogens is 1. The smallest absolute Gasteiger partial charge is 0.266 e. The van der Waals surface area contributed by atoms with Crippen molar-refractivity contribution in [1.82, 2.24) is 19.9 Å². The minimum Gasteiger partial charge on any atom is -0.489 e. The summed E-state index contributed by atoms with van der Waals surface area (Å²) in [4.78, 5) is 27.9. The Morgan fingerprint density at radius 1 is 1.33 bits per heavy atom. The van der Waals surface area contributed by atoms with Gasteiger partial charge in [0, 0.05) is 23.9 Å². The molecule has 0 saturated heterocycles. The number of hydrogen-bond acceptors (Lipinski definition) is 4. The highest BCUT2D eigenvalue weighted by atomic mass is 19.1. The van der Waals surface area contributed by atoms with E-state index in [0.29, 0.717) is 12.1 Å². The largest absolute Gasteiger partial charge is 0.489 e. The molecule has 3 aromatic rings. The van der Waals surface area contributed by atoms with Crippen LogP contribution in [0.3, 0.4) is 0 Å². The predicted molar refractivity (Wildman–Crippen MR) is 98.5 cm³/mol. The molecule has 0 aliphatic heterocycles. The van der Waals surface area contributed by atoms with Crippen molar-refractivity contribution in [2.45, 2.75) is 26.7 Å². The van der Waals surface area contributed by atoms with Crippen LogP contribution in [0.4, 0.5) is 4.39 Å². The molecule has 0 fully saturated rings. The van der Waals surface area contributed by atoms with Gasteiger partial charge in [-0.05, 0) is 38.0 Å². The number of nitrogens with one attached hydrogen (secondary N) is 2. The third kappa shape index (κ3) is 4.33. The highest BCUT2D eigenvalue weighted by Crippen LogP contribution is 2.16. The monoisotopic (exact) mass is 372 g/mol. The van der Waals surface area contributed by atoms with E-state index in [1.807, 2.05) is 13.8 Å². The lowest BCUT2D eigenvalue weighted by Crippen LogP contribution is -2.28. The summed E-state index contributed by atoms with van der Waals surface area (Å²) < 4.78 is 20.4. The standard InChI is InChI=1S/C19H21FN4O3/c1-12-14(13(2)24-17(22-12)11-19(26)23-24)7-8-18(25)21-9-10-27-16-6-4-3-5-15(16)20/h3-6,11H,7-10H2,1-2H3,(H,21,25)(H,23,26). The fraction of sp³-hybridized carbons (Fsp3) is 0.316. The number of halogens is 1. The number of carbonyl (C=O) groups excluding carboxylic acids is 1. The Hall–Kier alpha value is -3.16. The third-order valence-corrected chi connectivity index (χ3v) is 4.32. The van der Waals surface area contributed by atoms with Gasteiger partial charge in [0.15, 0.2) is 17.2 Å². The molecule has 0 unspecified atom stereocenters. The van der Waals surface area contributed by atoms with Gasteiger partial charge >= 0.3 is 0 Å². The number of aryl methyl sites for hydroxylation is 2. The van der Waals surface area contributed by atoms with E-state index < -0.39 is 5.82 Å². The van der Waals surface area contributed by atoms with Gasteiger partial charge in [-0.2, -0.15) is 0 Å². The molecule has 27 heavy (non-hydrogen) atoms. The molecular formula is C19H21FN4O3. The molecule has 2 N–H and O–H groups in total. The van der Waals surface area contributed by atoms with Crippen molar-refractivity contribution < 1.29 is 13.9 Å². The number of amides is 1. The molecule has 0 radical (unpaired) electrons. The van der Waals surface area contributed by atoms with Crippen molar-refractivity contribution in [2.75, 3.05) is 13.2 Å². The second-order valence-corrected chi connectivity index (χ2v) is 6.20. The zero-order valence-corrected chi connectivity index (χ0v) is 15.2. The average Bonchev–Trinajstić information content (AvgIpc) is 3.00. The highest BCUT2D eigenvalue weighted by molar-refractivity contribution is 5.76. The van der Waals surface area contributed by atoms with Crippen molar-refractivity contribution in [1.29, 1.82) is 0 Å². The molecule has 1 amide bonds. The van der Waals surface area contributed by atoms with Crippen LogP contribution in [0.2, 0.25) is 0 Å². The fourth-order valence-electron chi connectivity index (χ4n) is 2.96. The average molecular weight is 372 g/mol. The Morgan fingerprint density at radius 2 is 2.11 bits per heavy atom. The number of carbonyl (C=O) groups is 1. The molecule has 2 heterocycles. The first-order valence-electron chi connectivity index (χ1n) is 8.67. The lowest BCUT2D eigenvalue weighted by molar-refractivity contribution is -0.121. The van der Waals surface area contributed by atoms with Gasteiger partial charge < -0.3 is 10.1 Å². The minimum atomic E-state index is -0.430. The Kier molecular flexibility index (Phi) is 5.54. The summed E-state index contributed by atoms with van der Waals surface area (Å²) in [5.74, 6) is -0.397. The lowest BCUT2D eigenvalue weighted by Gasteiger charge is -2.12. The summed E-state index contributed by atoms with van der Waals surface area (Å²) >= 11 is 0. The van der Waals surface area contributed by atoms with E-state index in [4.69, 9.17) is 4.74 Å². The number of benzene rings is 1. The summed E-state index contributed by atoms with van der Waals surface area (Å²) in [6.07, 6.45) is 0.779. The van der Waals surface area contributed by atoms with Crippen LogP contribution >= 0.6 is 0 Å². The molecule has 0 atom stereocenters. The van der Waals surface area contributed by atoms with Gasteiger partial charge in [-0.15, -0.1) is 0 Å². The summed E-state index contributed by atoms with van der Waals surface area (Å²) in [6.45, 7) is 4.21. The fourth-order valence-corrected chi connectivity index (χ4v) is 2.96. The van der Waals surface area contributed by atoms with Gasteiger partial charge in [0.2, 0.25) is 5.91 Å². The van der Waals surface area contributed by atoms with E-state index in [2.05, 4.69) is 15.4 Å². The second-order valence-electron chi connectivity index (χ2n) is 6.20. The molecule has 0 saturated carbocycles. The molecule has 7 nitrogen and oxygen atoms in total. The Morgan fingerprint density at radius 3 is 2.89 bits per heavy atom. The number of aromatic nitrogens is 3. The summed E-state index contributed by atoms with van der Waals surface area (Å²) in [6, 6.07) is 7.57. The first kappa shape index (κ1) is 18.6. The minimum absolute atomic E-state index is 0.132. The number of para-hydroxylation sites is 1. The SMILES string of the molecule is Cc1nc2cc(=O)[nH]n2c(C)c1CCC(=O)NCCOc1ccccc1F. The quantitative estimate of drug-likeness (QED) is 0.620. The van der Waals surface area contributed by atoms with Crippen LogP contribution in [0.1, 0.15) is 23.4 Å². The van der Waals surface area contributed by atoms with Crippen LogP contribution in [0.5, 0.6) is 5.75 Å². The second kappa shape index (κ2) is 8.03. The van der Waals surface area contributed by atoms with Crippen LogP contribution in [-0.2, 0) is 11.2 Å². The Bertz CT molecular complexity index is 1030. The number of aromatic amines is 1. The van der Waals surface area contributed by atoms with Gasteiger partial charge in [0.25, 0.3) is 5.56 Å². The maximum Gasteiger partial charge on any atom is 0.266 e. The van der Waals surface area contributed by atoms with Crippen LogP contribution < -0.4 is 15.6 Å². The third-order valence-electron chi connectivity index (χ3n) is 4.32. The van der Waals surface area contributed by atoms with Crippen LogP contribution in [0, 0.1) is 19.7 Å². The molecule has 0 spiro atoms. The first-order valence-corrected chi connectivity index (χ1v) is 8.67. The molecule has 0 aliphatic rings. The summed E-state index contributed by atoms with van der Waals surface area (Å²) in [5, 5.41) is 5.45. The molecule has 3 rings (SSSR count). The van der Waals surface area contributed by atoms with Crippen molar-refractivity contribution in [3.63, 3.8) is 0 Å². The van der Waals surface area contributed by atoms with E-state index in [-0.39, 0.29) is 36.8 Å². The molecule has 1 aromatic carbocycles. The van der Waals surface area contributed by atoms with E-state index >= 15 is 0 Å². The van der Waals surface area contributed by atoms with Gasteiger partial charge in [-0.25, -0.2) is 13.9 Å². The van der Waals surface area contributed by atoms with Crippen molar-refractivity contribution in [3.05, 3.63) is 63.5 Å². The molecule has 0 aliphatic carbocycles. The van der Waals surface area contributed by atoms with E-state index in [1.165, 1.54) is 18.2 Å². The van der Waals surface area contributed by atoms with E-state index in [1.54, 1.807) is 16.6 Å². The van der Waals surface area contributed by atoms with E-state index in [0.717, 1.165) is 17.0 Å². The first-order chi connectivity index (χ1) is 13.0. The van der Waals surface area contributed by atoms with Gasteiger partial charge in [0.1, 0.15) is 6.61 Å². The van der Waals surface area contributed by atoms with Gasteiger partial charge in [-0.3, -0.25) is 14.7 Å². The topological polar surface area (TPSA) is 88.5 Å². The normalized spacial score (nSPS) is 10.9. The van der Waals surface area contributed by atoms with Crippen LogP contribution in [-0.4, -0.2) is 33.7 Å². The zero-order valence-electron chi connectivity index (χ0n) is 15.2. The van der Waals surface area contributed by atoms with Crippen molar-refractivity contribution in [2.24, 2.45) is 0 Å². The molecule has 142 valence electrons. The predicted octanol–water partition coefficient (Wildman–Crippen LogP) is 1.91. The number of nitrogens with zero attached hydrogens (tertiary/aromatic N) is 2. The maximum absolute atomic E-state index is 13.4. The number of fused-ring (bicyclic) bond motifs is 1. The summed E-state index contributed by atoms with van der Waals surface area (Å²) in [7, 11) is 0. The molecule has 0 bridgehead atoms. The number of hydrogen-bond donors (Lipinski definition) is 2. The van der Waals surface area contributed by atoms with Crippen molar-refractivity contribution in [3.8, 4) is 5.75 Å². The summed E-state index contributed by atoms with van der Waals surface area (Å²) in [5.41, 5.74) is 2.92. The molecule has 2 aromatic heterocycles. The highest BCUT2D eigenvalue weighted by Gasteiger charge is 2.12. The van der Waals surface area contributed by atoms with Crippen molar-refractivity contribution >= 4 is 11.6 Å². The van der Waals surface area contributed by atoms with Gasteiger partial charge in [0.05, 0.1) is 6.54 Å². The van der Waals surface area contributed by atoms with Crippen LogP contribution in [0.25, 0.3) is 5.65 Å². The van der Waals surface area contributed by atoms with E-state index in [9.17, 15) is 14.0 Å². The Labute approximate surface area is 155 Å². The van der Waals surface area contributed by atoms with Gasteiger partial charge in [-0.1, -0.05) is 12.1 Å². The zero-order chi connectivity index (χ0) is 19.4. The maximum atomic E-state index is 13.4. The number of rotatable bonds is 7. The van der Waals surface area contributed by atoms with Crippen LogP contribution in [0.15, 0.2) is 35.1 Å². The number of ether oxygens (including phenoxy) is 1. The Balaban J connectivity index is 1.51. The molecular weight excluding hydrogens is 351 g/mol. The lowest BCUT2D eigenvalue weighted by atomic mass is 10.1. The molecule has 8 heteroatoms.